The first-order valence-electron chi connectivity index (χ1n) is 10.3. The van der Waals surface area contributed by atoms with Crippen LogP contribution in [0.15, 0.2) is 65.6 Å². The van der Waals surface area contributed by atoms with E-state index in [4.69, 9.17) is 11.6 Å². The molecule has 1 aliphatic carbocycles. The van der Waals surface area contributed by atoms with Crippen molar-refractivity contribution in [2.45, 2.75) is 42.7 Å². The molecule has 0 spiro atoms. The molecule has 2 aromatic carbocycles. The van der Waals surface area contributed by atoms with Gasteiger partial charge < -0.3 is 4.90 Å². The highest BCUT2D eigenvalue weighted by atomic mass is 35.5. The number of benzene rings is 2. The second-order valence-corrected chi connectivity index (χ2v) is 10.1. The SMILES string of the molecule is O=C(C=Cc1ccccc1)N1CCC(N(C2CC2)S(=O)(=O)c2ccc(Cl)cc2)CC1. The van der Waals surface area contributed by atoms with Crippen LogP contribution in [0.3, 0.4) is 0 Å². The third-order valence-electron chi connectivity index (χ3n) is 5.65. The third-order valence-corrected chi connectivity index (χ3v) is 7.92. The molecular formula is C23H25ClN2O3S. The van der Waals surface area contributed by atoms with Gasteiger partial charge in [0.25, 0.3) is 0 Å². The van der Waals surface area contributed by atoms with Crippen molar-refractivity contribution < 1.29 is 13.2 Å². The molecule has 2 aromatic rings. The molecule has 1 aliphatic heterocycles. The van der Waals surface area contributed by atoms with Gasteiger partial charge in [-0.15, -0.1) is 0 Å². The number of carbonyl (C=O) groups excluding carboxylic acids is 1. The van der Waals surface area contributed by atoms with E-state index in [9.17, 15) is 13.2 Å². The first-order valence-corrected chi connectivity index (χ1v) is 12.1. The normalized spacial score (nSPS) is 18.3. The monoisotopic (exact) mass is 444 g/mol. The van der Waals surface area contributed by atoms with Gasteiger partial charge in [0.05, 0.1) is 4.90 Å². The van der Waals surface area contributed by atoms with Gasteiger partial charge in [0.1, 0.15) is 0 Å². The zero-order valence-electron chi connectivity index (χ0n) is 16.7. The Morgan fingerprint density at radius 1 is 0.933 bits per heavy atom. The fourth-order valence-corrected chi connectivity index (χ4v) is 5.98. The second kappa shape index (κ2) is 8.92. The van der Waals surface area contributed by atoms with Gasteiger partial charge in [-0.2, -0.15) is 4.31 Å². The molecule has 0 radical (unpaired) electrons. The van der Waals surface area contributed by atoms with Crippen molar-refractivity contribution in [2.75, 3.05) is 13.1 Å². The van der Waals surface area contributed by atoms with Gasteiger partial charge in [-0.25, -0.2) is 8.42 Å². The van der Waals surface area contributed by atoms with Gasteiger partial charge in [0.2, 0.25) is 15.9 Å². The van der Waals surface area contributed by atoms with Crippen molar-refractivity contribution in [2.24, 2.45) is 0 Å². The summed E-state index contributed by atoms with van der Waals surface area (Å²) in [5.74, 6) is -0.0316. The van der Waals surface area contributed by atoms with Crippen LogP contribution in [0.25, 0.3) is 6.08 Å². The van der Waals surface area contributed by atoms with E-state index in [-0.39, 0.29) is 22.9 Å². The average Bonchev–Trinajstić information content (AvgIpc) is 3.58. The zero-order valence-corrected chi connectivity index (χ0v) is 18.2. The van der Waals surface area contributed by atoms with Crippen molar-refractivity contribution in [3.8, 4) is 0 Å². The summed E-state index contributed by atoms with van der Waals surface area (Å²) >= 11 is 5.92. The predicted molar refractivity (Wildman–Crippen MR) is 119 cm³/mol. The van der Waals surface area contributed by atoms with Crippen LogP contribution in [0.4, 0.5) is 0 Å². The minimum atomic E-state index is -3.58. The van der Waals surface area contributed by atoms with Crippen LogP contribution in [0.2, 0.25) is 5.02 Å². The zero-order chi connectivity index (χ0) is 21.1. The molecule has 2 fully saturated rings. The van der Waals surface area contributed by atoms with Gasteiger partial charge in [-0.3, -0.25) is 4.79 Å². The molecule has 7 heteroatoms. The van der Waals surface area contributed by atoms with Crippen LogP contribution in [-0.2, 0) is 14.8 Å². The van der Waals surface area contributed by atoms with Crippen molar-refractivity contribution in [1.29, 1.82) is 0 Å². The third kappa shape index (κ3) is 4.77. The molecule has 1 amide bonds. The number of rotatable bonds is 6. The molecule has 1 saturated carbocycles. The number of sulfonamides is 1. The summed E-state index contributed by atoms with van der Waals surface area (Å²) in [6.45, 7) is 1.12. The first kappa shape index (κ1) is 21.1. The smallest absolute Gasteiger partial charge is 0.246 e. The number of hydrogen-bond donors (Lipinski definition) is 0. The van der Waals surface area contributed by atoms with Crippen LogP contribution in [-0.4, -0.2) is 48.7 Å². The predicted octanol–water partition coefficient (Wildman–Crippen LogP) is 4.20. The van der Waals surface area contributed by atoms with Crippen LogP contribution >= 0.6 is 11.6 Å². The Hall–Kier alpha value is -2.15. The lowest BCUT2D eigenvalue weighted by molar-refractivity contribution is -0.127. The Balaban J connectivity index is 1.42. The summed E-state index contributed by atoms with van der Waals surface area (Å²) in [5, 5.41) is 0.516. The summed E-state index contributed by atoms with van der Waals surface area (Å²) < 4.78 is 28.3. The number of hydrogen-bond acceptors (Lipinski definition) is 3. The Morgan fingerprint density at radius 2 is 1.53 bits per heavy atom. The largest absolute Gasteiger partial charge is 0.339 e. The maximum Gasteiger partial charge on any atom is 0.246 e. The standard InChI is InChI=1S/C23H25ClN2O3S/c24-19-7-11-22(12-8-19)30(28,29)26(20-9-10-20)21-14-16-25(17-15-21)23(27)13-6-18-4-2-1-3-5-18/h1-8,11-13,20-21H,9-10,14-17H2. The minimum absolute atomic E-state index is 0.0316. The van der Waals surface area contributed by atoms with E-state index in [0.29, 0.717) is 31.0 Å². The Kier molecular flexibility index (Phi) is 6.27. The number of nitrogens with zero attached hydrogens (tertiary/aromatic N) is 2. The summed E-state index contributed by atoms with van der Waals surface area (Å²) in [6, 6.07) is 16.0. The summed E-state index contributed by atoms with van der Waals surface area (Å²) in [4.78, 5) is 14.6. The molecule has 5 nitrogen and oxygen atoms in total. The first-order chi connectivity index (χ1) is 14.4. The maximum atomic E-state index is 13.3. The van der Waals surface area contributed by atoms with Gasteiger partial charge in [0, 0.05) is 36.3 Å². The summed E-state index contributed by atoms with van der Waals surface area (Å²) in [5.41, 5.74) is 0.981. The van der Waals surface area contributed by atoms with Crippen LogP contribution in [0.1, 0.15) is 31.2 Å². The van der Waals surface area contributed by atoms with Crippen LogP contribution < -0.4 is 0 Å². The number of carbonyl (C=O) groups is 1. The highest BCUT2D eigenvalue weighted by Gasteiger charge is 2.43. The topological polar surface area (TPSA) is 57.7 Å². The molecule has 2 aliphatic rings. The summed E-state index contributed by atoms with van der Waals surface area (Å²) in [7, 11) is -3.58. The summed E-state index contributed by atoms with van der Waals surface area (Å²) in [6.07, 6.45) is 6.49. The van der Waals surface area contributed by atoms with Crippen LogP contribution in [0, 0.1) is 0 Å². The molecule has 1 saturated heterocycles. The molecule has 0 atom stereocenters. The van der Waals surface area contributed by atoms with Crippen molar-refractivity contribution in [1.82, 2.24) is 9.21 Å². The quantitative estimate of drug-likeness (QED) is 0.627. The van der Waals surface area contributed by atoms with Gasteiger partial charge in [-0.05, 0) is 61.6 Å². The van der Waals surface area contributed by atoms with E-state index in [2.05, 4.69) is 0 Å². The fraction of sp³-hybridized carbons (Fsp3) is 0.348. The second-order valence-electron chi connectivity index (χ2n) is 7.82. The highest BCUT2D eigenvalue weighted by Crippen LogP contribution is 2.37. The Morgan fingerprint density at radius 3 is 2.13 bits per heavy atom. The number of halogens is 1. The molecule has 4 rings (SSSR count). The average molecular weight is 445 g/mol. The van der Waals surface area contributed by atoms with E-state index in [1.807, 2.05) is 36.4 Å². The molecule has 0 bridgehead atoms. The molecule has 30 heavy (non-hydrogen) atoms. The van der Waals surface area contributed by atoms with E-state index < -0.39 is 10.0 Å². The molecule has 158 valence electrons. The number of piperidine rings is 1. The highest BCUT2D eigenvalue weighted by molar-refractivity contribution is 7.89. The Bertz CT molecular complexity index is 1010. The molecule has 0 unspecified atom stereocenters. The molecule has 1 heterocycles. The van der Waals surface area contributed by atoms with E-state index in [1.165, 1.54) is 0 Å². The van der Waals surface area contributed by atoms with Gasteiger partial charge >= 0.3 is 0 Å². The van der Waals surface area contributed by atoms with E-state index >= 15 is 0 Å². The molecular weight excluding hydrogens is 420 g/mol. The van der Waals surface area contributed by atoms with E-state index in [1.54, 1.807) is 39.5 Å². The Labute approximate surface area is 183 Å². The number of likely N-dealkylation sites (tertiary alicyclic amines) is 1. The lowest BCUT2D eigenvalue weighted by atomic mass is 10.0. The van der Waals surface area contributed by atoms with Crippen molar-refractivity contribution in [3.05, 3.63) is 71.3 Å². The minimum Gasteiger partial charge on any atom is -0.339 e. The van der Waals surface area contributed by atoms with Crippen LogP contribution in [0.5, 0.6) is 0 Å². The maximum absolute atomic E-state index is 13.3. The van der Waals surface area contributed by atoms with Gasteiger partial charge in [-0.1, -0.05) is 41.9 Å². The fourth-order valence-electron chi connectivity index (χ4n) is 3.93. The number of amides is 1. The molecule has 0 N–H and O–H groups in total. The van der Waals surface area contributed by atoms with Crippen molar-refractivity contribution in [3.63, 3.8) is 0 Å². The van der Waals surface area contributed by atoms with Crippen molar-refractivity contribution >= 4 is 33.6 Å². The lowest BCUT2D eigenvalue weighted by Crippen LogP contribution is -2.49. The van der Waals surface area contributed by atoms with Gasteiger partial charge in [0.15, 0.2) is 0 Å². The lowest BCUT2D eigenvalue weighted by Gasteiger charge is -2.37. The van der Waals surface area contributed by atoms with E-state index in [0.717, 1.165) is 18.4 Å². The molecule has 0 aromatic heterocycles.